The number of H-pyrrole nitrogens is 1. The normalized spacial score (nSPS) is 11.4. The first-order chi connectivity index (χ1) is 14.8. The van der Waals surface area contributed by atoms with Crippen LogP contribution >= 0.6 is 0 Å². The van der Waals surface area contributed by atoms with Gasteiger partial charge in [0.25, 0.3) is 0 Å². The highest BCUT2D eigenvalue weighted by molar-refractivity contribution is 7.91. The molecular weight excluding hydrogens is 420 g/mol. The summed E-state index contributed by atoms with van der Waals surface area (Å²) in [5, 5.41) is 24.0. The number of aromatic nitrogens is 4. The monoisotopic (exact) mass is 444 g/mol. The topological polar surface area (TPSA) is 135 Å². The van der Waals surface area contributed by atoms with Crippen LogP contribution in [0.1, 0.15) is 42.6 Å². The number of nitrogens with one attached hydrogen (secondary N) is 1. The molecule has 0 aliphatic heterocycles. The fourth-order valence-corrected chi connectivity index (χ4v) is 4.79. The number of ether oxygens (including phenoxy) is 1. The van der Waals surface area contributed by atoms with Gasteiger partial charge in [0.05, 0.1) is 22.8 Å². The molecule has 0 amide bonds. The molecule has 3 aromatic rings. The van der Waals surface area contributed by atoms with Crippen LogP contribution in [0.25, 0.3) is 11.4 Å². The summed E-state index contributed by atoms with van der Waals surface area (Å²) >= 11 is 0. The number of hydrogen-bond acceptors (Lipinski definition) is 8. The van der Waals surface area contributed by atoms with Crippen molar-refractivity contribution >= 4 is 15.6 Å². The highest BCUT2D eigenvalue weighted by Crippen LogP contribution is 2.31. The van der Waals surface area contributed by atoms with Gasteiger partial charge in [-0.25, -0.2) is 13.5 Å². The number of benzene rings is 2. The van der Waals surface area contributed by atoms with Crippen LogP contribution in [0.4, 0.5) is 0 Å². The number of phenols is 1. The Morgan fingerprint density at radius 1 is 1.16 bits per heavy atom. The van der Waals surface area contributed by atoms with Crippen molar-refractivity contribution in [2.75, 3.05) is 12.4 Å². The number of hydrogen-bond donors (Lipinski definition) is 2. The minimum atomic E-state index is -3.65. The molecule has 31 heavy (non-hydrogen) atoms. The fourth-order valence-electron chi connectivity index (χ4n) is 3.22. The number of carbonyl (C=O) groups excluding carboxylic acids is 1. The highest BCUT2D eigenvalue weighted by atomic mass is 32.2. The van der Waals surface area contributed by atoms with Gasteiger partial charge in [0.1, 0.15) is 11.5 Å². The smallest absolute Gasteiger partial charge is 0.179 e. The predicted molar refractivity (Wildman–Crippen MR) is 114 cm³/mol. The molecule has 0 atom stereocenters. The summed E-state index contributed by atoms with van der Waals surface area (Å²) in [6.07, 6.45) is 1.28. The van der Waals surface area contributed by atoms with Crippen molar-refractivity contribution in [3.8, 4) is 22.9 Å². The van der Waals surface area contributed by atoms with E-state index in [1.165, 1.54) is 19.1 Å². The lowest BCUT2D eigenvalue weighted by Gasteiger charge is -2.14. The molecule has 0 bridgehead atoms. The molecule has 2 aromatic carbocycles. The van der Waals surface area contributed by atoms with Crippen molar-refractivity contribution in [3.63, 3.8) is 0 Å². The summed E-state index contributed by atoms with van der Waals surface area (Å²) in [4.78, 5) is 11.8. The maximum absolute atomic E-state index is 12.9. The lowest BCUT2D eigenvalue weighted by Crippen LogP contribution is -2.13. The van der Waals surface area contributed by atoms with Gasteiger partial charge < -0.3 is 9.84 Å². The minimum absolute atomic E-state index is 0.0712. The van der Waals surface area contributed by atoms with Gasteiger partial charge in [-0.3, -0.25) is 4.79 Å². The molecule has 1 aromatic heterocycles. The number of phenolic OH excluding ortho intramolecular Hbond substituents is 1. The second-order valence-electron chi connectivity index (χ2n) is 7.04. The summed E-state index contributed by atoms with van der Waals surface area (Å²) in [7, 11) is -3.65. The molecule has 0 fully saturated rings. The quantitative estimate of drug-likeness (QED) is 0.360. The molecule has 0 saturated heterocycles. The lowest BCUT2D eigenvalue weighted by molar-refractivity contribution is 0.101. The van der Waals surface area contributed by atoms with E-state index in [4.69, 9.17) is 4.74 Å². The molecule has 164 valence electrons. The van der Waals surface area contributed by atoms with Crippen LogP contribution in [0, 0.1) is 0 Å². The maximum Gasteiger partial charge on any atom is 0.179 e. The second kappa shape index (κ2) is 9.69. The molecule has 0 spiro atoms. The Morgan fingerprint density at radius 2 is 1.90 bits per heavy atom. The number of nitrogens with zero attached hydrogens (tertiary/aromatic N) is 3. The van der Waals surface area contributed by atoms with Crippen molar-refractivity contribution in [1.82, 2.24) is 20.6 Å². The highest BCUT2D eigenvalue weighted by Gasteiger charge is 2.23. The number of rotatable bonds is 10. The standard InChI is InChI=1S/C21H24N4O5S/c1-3-5-18-19(11-10-17(14(2)26)20(18)27)31(28,29)13-4-12-30-16-8-6-15(7-9-16)21-22-24-25-23-21/h6-11,27H,3-5,12-13H2,1-2H3,(H,22,23,24,25). The molecule has 0 saturated carbocycles. The van der Waals surface area contributed by atoms with Gasteiger partial charge in [-0.2, -0.15) is 0 Å². The van der Waals surface area contributed by atoms with Crippen LogP contribution in [-0.2, 0) is 16.3 Å². The van der Waals surface area contributed by atoms with E-state index in [0.717, 1.165) is 5.56 Å². The SMILES string of the molecule is CCCc1c(S(=O)(=O)CCCOc2ccc(-c3nnn[nH]3)cc2)ccc(C(C)=O)c1O. The number of sulfone groups is 1. The number of aromatic amines is 1. The number of aromatic hydroxyl groups is 1. The largest absolute Gasteiger partial charge is 0.507 e. The van der Waals surface area contributed by atoms with E-state index in [1.807, 2.05) is 6.92 Å². The molecular formula is C21H24N4O5S. The second-order valence-corrected chi connectivity index (χ2v) is 9.12. The van der Waals surface area contributed by atoms with Crippen LogP contribution in [0.2, 0.25) is 0 Å². The van der Waals surface area contributed by atoms with E-state index in [9.17, 15) is 18.3 Å². The zero-order valence-electron chi connectivity index (χ0n) is 17.3. The third kappa shape index (κ3) is 5.26. The molecule has 1 heterocycles. The van der Waals surface area contributed by atoms with Crippen molar-refractivity contribution in [2.45, 2.75) is 38.0 Å². The Balaban J connectivity index is 1.64. The number of tetrazole rings is 1. The number of Topliss-reactive ketones (excluding diaryl/α,β-unsaturated/α-hetero) is 1. The van der Waals surface area contributed by atoms with Crippen molar-refractivity contribution in [3.05, 3.63) is 47.5 Å². The van der Waals surface area contributed by atoms with Crippen molar-refractivity contribution in [1.29, 1.82) is 0 Å². The number of carbonyl (C=O) groups is 1. The third-order valence-electron chi connectivity index (χ3n) is 4.75. The summed E-state index contributed by atoms with van der Waals surface area (Å²) in [6.45, 7) is 3.43. The van der Waals surface area contributed by atoms with Gasteiger partial charge in [-0.05, 0) is 66.6 Å². The van der Waals surface area contributed by atoms with E-state index >= 15 is 0 Å². The predicted octanol–water partition coefficient (Wildman–Crippen LogP) is 2.97. The zero-order valence-corrected chi connectivity index (χ0v) is 18.1. The molecule has 0 unspecified atom stereocenters. The zero-order chi connectivity index (χ0) is 22.4. The van der Waals surface area contributed by atoms with Crippen LogP contribution in [0.5, 0.6) is 11.5 Å². The maximum atomic E-state index is 12.9. The van der Waals surface area contributed by atoms with Gasteiger partial charge in [-0.15, -0.1) is 5.10 Å². The minimum Gasteiger partial charge on any atom is -0.507 e. The van der Waals surface area contributed by atoms with Crippen LogP contribution in [0.3, 0.4) is 0 Å². The third-order valence-corrected chi connectivity index (χ3v) is 6.63. The average molecular weight is 445 g/mol. The van der Waals surface area contributed by atoms with Crippen molar-refractivity contribution in [2.24, 2.45) is 0 Å². The Labute approximate surface area is 180 Å². The Bertz CT molecular complexity index is 1140. The van der Waals surface area contributed by atoms with Gasteiger partial charge >= 0.3 is 0 Å². The summed E-state index contributed by atoms with van der Waals surface area (Å²) < 4.78 is 31.4. The lowest BCUT2D eigenvalue weighted by atomic mass is 10.0. The van der Waals surface area contributed by atoms with Gasteiger partial charge in [0, 0.05) is 11.1 Å². The van der Waals surface area contributed by atoms with E-state index in [-0.39, 0.29) is 40.8 Å². The van der Waals surface area contributed by atoms with Gasteiger partial charge in [-0.1, -0.05) is 13.3 Å². The average Bonchev–Trinajstić information content (AvgIpc) is 3.28. The van der Waals surface area contributed by atoms with E-state index < -0.39 is 9.84 Å². The van der Waals surface area contributed by atoms with E-state index in [0.29, 0.717) is 30.0 Å². The first-order valence-corrected chi connectivity index (χ1v) is 11.5. The molecule has 0 aliphatic rings. The molecule has 2 N–H and O–H groups in total. The summed E-state index contributed by atoms with van der Waals surface area (Å²) in [5.41, 5.74) is 1.24. The van der Waals surface area contributed by atoms with E-state index in [1.54, 1.807) is 24.3 Å². The van der Waals surface area contributed by atoms with Gasteiger partial charge in [0.15, 0.2) is 21.4 Å². The number of ketones is 1. The summed E-state index contributed by atoms with van der Waals surface area (Å²) in [6, 6.07) is 9.88. The molecule has 0 radical (unpaired) electrons. The summed E-state index contributed by atoms with van der Waals surface area (Å²) in [5.74, 6) is 0.458. The van der Waals surface area contributed by atoms with Crippen LogP contribution in [0.15, 0.2) is 41.3 Å². The Morgan fingerprint density at radius 3 is 2.52 bits per heavy atom. The molecule has 3 rings (SSSR count). The molecule has 10 heteroatoms. The van der Waals surface area contributed by atoms with E-state index in [2.05, 4.69) is 20.6 Å². The van der Waals surface area contributed by atoms with Crippen LogP contribution in [-0.4, -0.2) is 52.3 Å². The molecule has 9 nitrogen and oxygen atoms in total. The van der Waals surface area contributed by atoms with Crippen molar-refractivity contribution < 1.29 is 23.1 Å². The fraction of sp³-hybridized carbons (Fsp3) is 0.333. The van der Waals surface area contributed by atoms with Crippen LogP contribution < -0.4 is 4.74 Å². The first-order valence-electron chi connectivity index (χ1n) is 9.89. The first kappa shape index (κ1) is 22.4. The Kier molecular flexibility index (Phi) is 7.01. The Hall–Kier alpha value is -3.27. The van der Waals surface area contributed by atoms with Gasteiger partial charge in [0.2, 0.25) is 0 Å². The molecule has 0 aliphatic carbocycles.